The van der Waals surface area contributed by atoms with Crippen LogP contribution in [0.15, 0.2) is 24.3 Å². The van der Waals surface area contributed by atoms with Crippen LogP contribution < -0.4 is 0 Å². The predicted octanol–water partition coefficient (Wildman–Crippen LogP) is 1.40. The Morgan fingerprint density at radius 3 is 2.90 bits per heavy atom. The van der Waals surface area contributed by atoms with Crippen LogP contribution in [0.1, 0.15) is 24.0 Å². The largest absolute Gasteiger partial charge is 0.468 e. The van der Waals surface area contributed by atoms with Crippen molar-refractivity contribution in [2.24, 2.45) is 5.92 Å². The fourth-order valence-electron chi connectivity index (χ4n) is 3.72. The van der Waals surface area contributed by atoms with Gasteiger partial charge in [0.1, 0.15) is 6.04 Å². The lowest BCUT2D eigenvalue weighted by molar-refractivity contribution is -0.146. The molecule has 21 heavy (non-hydrogen) atoms. The molecule has 0 aromatic heterocycles. The summed E-state index contributed by atoms with van der Waals surface area (Å²) < 4.78 is 4.87. The molecule has 0 radical (unpaired) electrons. The molecule has 1 heterocycles. The van der Waals surface area contributed by atoms with Crippen LogP contribution in [0.4, 0.5) is 0 Å². The molecular formula is C17H23NO3. The number of hydrogen-bond donors (Lipinski definition) is 1. The van der Waals surface area contributed by atoms with Crippen molar-refractivity contribution in [3.63, 3.8) is 0 Å². The van der Waals surface area contributed by atoms with Crippen molar-refractivity contribution >= 4 is 5.97 Å². The molecule has 1 aliphatic heterocycles. The second kappa shape index (κ2) is 6.16. The lowest BCUT2D eigenvalue weighted by Gasteiger charge is -2.30. The maximum Gasteiger partial charge on any atom is 0.323 e. The average molecular weight is 289 g/mol. The normalized spacial score (nSPS) is 29.1. The fraction of sp³-hybridized carbons (Fsp3) is 0.588. The number of esters is 1. The SMILES string of the molecule is COC(=O)C1CC(O)CN1CC1CCc2ccccc2C1. The van der Waals surface area contributed by atoms with Gasteiger partial charge in [0.25, 0.3) is 0 Å². The first-order valence-electron chi connectivity index (χ1n) is 7.74. The molecule has 114 valence electrons. The number of nitrogens with zero attached hydrogens (tertiary/aromatic N) is 1. The van der Waals surface area contributed by atoms with E-state index in [9.17, 15) is 9.90 Å². The minimum absolute atomic E-state index is 0.220. The van der Waals surface area contributed by atoms with Gasteiger partial charge in [-0.25, -0.2) is 0 Å². The number of carbonyl (C=O) groups excluding carboxylic acids is 1. The third kappa shape index (κ3) is 3.11. The summed E-state index contributed by atoms with van der Waals surface area (Å²) >= 11 is 0. The Hall–Kier alpha value is -1.39. The highest BCUT2D eigenvalue weighted by atomic mass is 16.5. The quantitative estimate of drug-likeness (QED) is 0.855. The van der Waals surface area contributed by atoms with Crippen molar-refractivity contribution in [3.05, 3.63) is 35.4 Å². The van der Waals surface area contributed by atoms with Gasteiger partial charge in [0.15, 0.2) is 0 Å². The predicted molar refractivity (Wildman–Crippen MR) is 80.0 cm³/mol. The van der Waals surface area contributed by atoms with Crippen LogP contribution >= 0.6 is 0 Å². The van der Waals surface area contributed by atoms with Crippen molar-refractivity contribution in [2.75, 3.05) is 20.2 Å². The number of β-amino-alcohol motifs (C(OH)–C–C–N with tert-alkyl or cyclic N) is 1. The maximum atomic E-state index is 11.8. The van der Waals surface area contributed by atoms with Gasteiger partial charge in [0, 0.05) is 19.5 Å². The minimum Gasteiger partial charge on any atom is -0.468 e. The number of aryl methyl sites for hydroxylation is 1. The van der Waals surface area contributed by atoms with Gasteiger partial charge in [-0.2, -0.15) is 0 Å². The molecule has 1 aromatic carbocycles. The van der Waals surface area contributed by atoms with Crippen molar-refractivity contribution in [1.29, 1.82) is 0 Å². The van der Waals surface area contributed by atoms with E-state index in [1.165, 1.54) is 18.2 Å². The molecule has 2 aliphatic rings. The number of hydrogen-bond acceptors (Lipinski definition) is 4. The maximum absolute atomic E-state index is 11.8. The second-order valence-corrected chi connectivity index (χ2v) is 6.26. The van der Waals surface area contributed by atoms with Gasteiger partial charge in [-0.05, 0) is 36.3 Å². The zero-order valence-corrected chi connectivity index (χ0v) is 12.5. The first kappa shape index (κ1) is 14.5. The number of ether oxygens (including phenoxy) is 1. The van der Waals surface area contributed by atoms with Gasteiger partial charge >= 0.3 is 5.97 Å². The van der Waals surface area contributed by atoms with E-state index in [2.05, 4.69) is 29.2 Å². The fourth-order valence-corrected chi connectivity index (χ4v) is 3.72. The second-order valence-electron chi connectivity index (χ2n) is 6.26. The Morgan fingerprint density at radius 1 is 1.38 bits per heavy atom. The Labute approximate surface area is 125 Å². The van der Waals surface area contributed by atoms with Crippen molar-refractivity contribution in [2.45, 2.75) is 37.8 Å². The number of benzene rings is 1. The van der Waals surface area contributed by atoms with Crippen molar-refractivity contribution in [1.82, 2.24) is 4.90 Å². The Bertz CT molecular complexity index is 517. The molecule has 3 rings (SSSR count). The molecule has 1 fully saturated rings. The molecule has 3 atom stereocenters. The molecule has 1 aromatic rings. The molecule has 1 saturated heterocycles. The van der Waals surface area contributed by atoms with Gasteiger partial charge in [-0.15, -0.1) is 0 Å². The van der Waals surface area contributed by atoms with Gasteiger partial charge < -0.3 is 9.84 Å². The zero-order chi connectivity index (χ0) is 14.8. The van der Waals surface area contributed by atoms with E-state index in [0.717, 1.165) is 25.8 Å². The molecule has 3 unspecified atom stereocenters. The van der Waals surface area contributed by atoms with E-state index in [1.54, 1.807) is 0 Å². The van der Waals surface area contributed by atoms with Crippen molar-refractivity contribution < 1.29 is 14.6 Å². The van der Waals surface area contributed by atoms with E-state index in [-0.39, 0.29) is 12.0 Å². The van der Waals surface area contributed by atoms with Crippen LogP contribution in [0.3, 0.4) is 0 Å². The Morgan fingerprint density at radius 2 is 2.14 bits per heavy atom. The monoisotopic (exact) mass is 289 g/mol. The number of carbonyl (C=O) groups is 1. The summed E-state index contributed by atoms with van der Waals surface area (Å²) in [6, 6.07) is 8.34. The molecule has 4 nitrogen and oxygen atoms in total. The summed E-state index contributed by atoms with van der Waals surface area (Å²) in [6.07, 6.45) is 3.41. The lowest BCUT2D eigenvalue weighted by Crippen LogP contribution is -2.40. The van der Waals surface area contributed by atoms with E-state index in [1.807, 2.05) is 0 Å². The number of likely N-dealkylation sites (tertiary alicyclic amines) is 1. The Kier molecular flexibility index (Phi) is 4.27. The Balaban J connectivity index is 1.65. The molecule has 1 aliphatic carbocycles. The van der Waals surface area contributed by atoms with E-state index in [0.29, 0.717) is 18.9 Å². The first-order valence-corrected chi connectivity index (χ1v) is 7.74. The molecule has 0 spiro atoms. The average Bonchev–Trinajstić information content (AvgIpc) is 2.87. The lowest BCUT2D eigenvalue weighted by atomic mass is 9.83. The first-order chi connectivity index (χ1) is 10.2. The summed E-state index contributed by atoms with van der Waals surface area (Å²) in [7, 11) is 1.42. The van der Waals surface area contributed by atoms with Crippen molar-refractivity contribution in [3.8, 4) is 0 Å². The third-order valence-corrected chi connectivity index (χ3v) is 4.80. The smallest absolute Gasteiger partial charge is 0.323 e. The highest BCUT2D eigenvalue weighted by Crippen LogP contribution is 2.28. The highest BCUT2D eigenvalue weighted by molar-refractivity contribution is 5.76. The van der Waals surface area contributed by atoms with Crippen LogP contribution in [0.5, 0.6) is 0 Å². The number of aliphatic hydroxyl groups excluding tert-OH is 1. The summed E-state index contributed by atoms with van der Waals surface area (Å²) in [4.78, 5) is 13.9. The molecule has 0 amide bonds. The van der Waals surface area contributed by atoms with Gasteiger partial charge in [0.05, 0.1) is 13.2 Å². The van der Waals surface area contributed by atoms with Crippen LogP contribution in [-0.2, 0) is 22.4 Å². The number of rotatable bonds is 3. The van der Waals surface area contributed by atoms with E-state index >= 15 is 0 Å². The topological polar surface area (TPSA) is 49.8 Å². The van der Waals surface area contributed by atoms with Gasteiger partial charge in [-0.3, -0.25) is 9.69 Å². The van der Waals surface area contributed by atoms with Crippen LogP contribution in [0.2, 0.25) is 0 Å². The van der Waals surface area contributed by atoms with Crippen LogP contribution in [0.25, 0.3) is 0 Å². The summed E-state index contributed by atoms with van der Waals surface area (Å²) in [6.45, 7) is 1.45. The molecule has 4 heteroatoms. The van der Waals surface area contributed by atoms with Crippen LogP contribution in [0, 0.1) is 5.92 Å². The third-order valence-electron chi connectivity index (χ3n) is 4.80. The number of fused-ring (bicyclic) bond motifs is 1. The standard InChI is InChI=1S/C17H23NO3/c1-21-17(20)16-9-15(19)11-18(16)10-12-6-7-13-4-2-3-5-14(13)8-12/h2-5,12,15-16,19H,6-11H2,1H3. The molecular weight excluding hydrogens is 266 g/mol. The molecule has 1 N–H and O–H groups in total. The summed E-state index contributed by atoms with van der Waals surface area (Å²) in [5.41, 5.74) is 2.89. The summed E-state index contributed by atoms with van der Waals surface area (Å²) in [5, 5.41) is 9.85. The minimum atomic E-state index is -0.412. The van der Waals surface area contributed by atoms with Gasteiger partial charge in [0.2, 0.25) is 0 Å². The van der Waals surface area contributed by atoms with E-state index in [4.69, 9.17) is 4.74 Å². The van der Waals surface area contributed by atoms with Gasteiger partial charge in [-0.1, -0.05) is 24.3 Å². The summed E-state index contributed by atoms with van der Waals surface area (Å²) in [5.74, 6) is 0.333. The highest BCUT2D eigenvalue weighted by Gasteiger charge is 2.37. The molecule has 0 saturated carbocycles. The molecule has 0 bridgehead atoms. The van der Waals surface area contributed by atoms with Crippen LogP contribution in [-0.4, -0.2) is 48.3 Å². The zero-order valence-electron chi connectivity index (χ0n) is 12.5. The van der Waals surface area contributed by atoms with E-state index < -0.39 is 6.10 Å². The number of aliphatic hydroxyl groups is 1. The number of methoxy groups -OCH3 is 1.